The van der Waals surface area contributed by atoms with Gasteiger partial charge in [-0.2, -0.15) is 0 Å². The summed E-state index contributed by atoms with van der Waals surface area (Å²) < 4.78 is 5.95. The molecule has 1 aromatic carbocycles. The number of hydrogen-bond donors (Lipinski definition) is 1. The Kier molecular flexibility index (Phi) is 4.85. The Labute approximate surface area is 132 Å². The third-order valence-electron chi connectivity index (χ3n) is 4.95. The summed E-state index contributed by atoms with van der Waals surface area (Å²) in [5.74, 6) is 0. The van der Waals surface area contributed by atoms with Crippen molar-refractivity contribution >= 4 is 11.6 Å². The standard InChI is InChI=1S/C17H25ClN2O/c1-2-14(19)17(12-5-3-6-13(18)11-12)20-9-10-21-16-8-4-7-15(16)20/h3,5-6,11,14-17H,2,4,7-10,19H2,1H3. The van der Waals surface area contributed by atoms with Crippen LogP contribution in [0.25, 0.3) is 0 Å². The van der Waals surface area contributed by atoms with Crippen molar-refractivity contribution < 1.29 is 4.74 Å². The Balaban J connectivity index is 1.91. The molecule has 4 unspecified atom stereocenters. The van der Waals surface area contributed by atoms with Crippen molar-refractivity contribution in [1.82, 2.24) is 4.90 Å². The molecule has 1 saturated heterocycles. The summed E-state index contributed by atoms with van der Waals surface area (Å²) >= 11 is 6.20. The Morgan fingerprint density at radius 3 is 3.05 bits per heavy atom. The van der Waals surface area contributed by atoms with Crippen LogP contribution in [0.1, 0.15) is 44.2 Å². The predicted octanol–water partition coefficient (Wildman–Crippen LogP) is 3.37. The van der Waals surface area contributed by atoms with E-state index in [9.17, 15) is 0 Å². The zero-order chi connectivity index (χ0) is 14.8. The van der Waals surface area contributed by atoms with Crippen molar-refractivity contribution in [2.45, 2.75) is 56.8 Å². The number of hydrogen-bond acceptors (Lipinski definition) is 3. The van der Waals surface area contributed by atoms with Gasteiger partial charge < -0.3 is 10.5 Å². The Morgan fingerprint density at radius 2 is 2.29 bits per heavy atom. The molecule has 0 amide bonds. The number of halogens is 1. The van der Waals surface area contributed by atoms with Gasteiger partial charge in [0.25, 0.3) is 0 Å². The lowest BCUT2D eigenvalue weighted by Gasteiger charge is -2.44. The Bertz CT molecular complexity index is 482. The van der Waals surface area contributed by atoms with Gasteiger partial charge in [0.2, 0.25) is 0 Å². The van der Waals surface area contributed by atoms with Crippen molar-refractivity contribution in [1.29, 1.82) is 0 Å². The number of nitrogens with two attached hydrogens (primary N) is 1. The fourth-order valence-corrected chi connectivity index (χ4v) is 4.10. The Hall–Kier alpha value is -0.610. The van der Waals surface area contributed by atoms with Gasteiger partial charge in [-0.25, -0.2) is 0 Å². The molecule has 4 atom stereocenters. The summed E-state index contributed by atoms with van der Waals surface area (Å²) in [5, 5.41) is 0.789. The number of nitrogens with zero attached hydrogens (tertiary/aromatic N) is 1. The topological polar surface area (TPSA) is 38.5 Å². The molecule has 1 aliphatic heterocycles. The third kappa shape index (κ3) is 3.11. The summed E-state index contributed by atoms with van der Waals surface area (Å²) in [6, 6.07) is 9.06. The average molecular weight is 309 g/mol. The van der Waals surface area contributed by atoms with E-state index in [1.165, 1.54) is 24.8 Å². The van der Waals surface area contributed by atoms with Crippen LogP contribution in [-0.4, -0.2) is 36.2 Å². The summed E-state index contributed by atoms with van der Waals surface area (Å²) in [7, 11) is 0. The molecule has 3 rings (SSSR count). The lowest BCUT2D eigenvalue weighted by atomic mass is 9.93. The van der Waals surface area contributed by atoms with Crippen LogP contribution < -0.4 is 5.73 Å². The minimum atomic E-state index is 0.128. The molecule has 0 aromatic heterocycles. The maximum atomic E-state index is 6.49. The van der Waals surface area contributed by atoms with Crippen LogP contribution in [0.2, 0.25) is 5.02 Å². The van der Waals surface area contributed by atoms with Crippen LogP contribution in [0.4, 0.5) is 0 Å². The SMILES string of the molecule is CCC(N)C(c1cccc(Cl)c1)N1CCOC2CCCC21. The molecule has 2 fully saturated rings. The highest BCUT2D eigenvalue weighted by Gasteiger charge is 2.40. The largest absolute Gasteiger partial charge is 0.375 e. The second-order valence-electron chi connectivity index (χ2n) is 6.22. The first-order chi connectivity index (χ1) is 10.2. The van der Waals surface area contributed by atoms with Crippen LogP contribution >= 0.6 is 11.6 Å². The molecule has 1 heterocycles. The summed E-state index contributed by atoms with van der Waals surface area (Å²) in [4.78, 5) is 2.58. The first-order valence-corrected chi connectivity index (χ1v) is 8.47. The Morgan fingerprint density at radius 1 is 1.43 bits per heavy atom. The molecule has 0 bridgehead atoms. The number of ether oxygens (including phenoxy) is 1. The zero-order valence-electron chi connectivity index (χ0n) is 12.7. The summed E-state index contributed by atoms with van der Waals surface area (Å²) in [6.07, 6.45) is 5.02. The molecule has 1 aromatic rings. The monoisotopic (exact) mass is 308 g/mol. The van der Waals surface area contributed by atoms with Gasteiger partial charge in [-0.3, -0.25) is 4.90 Å². The molecule has 1 saturated carbocycles. The molecule has 1 aliphatic carbocycles. The zero-order valence-corrected chi connectivity index (χ0v) is 13.4. The smallest absolute Gasteiger partial charge is 0.0731 e. The highest BCUT2D eigenvalue weighted by atomic mass is 35.5. The summed E-state index contributed by atoms with van der Waals surface area (Å²) in [5.41, 5.74) is 7.73. The second kappa shape index (κ2) is 6.66. The number of benzene rings is 1. The quantitative estimate of drug-likeness (QED) is 0.927. The van der Waals surface area contributed by atoms with E-state index in [0.29, 0.717) is 12.1 Å². The van der Waals surface area contributed by atoms with Gasteiger partial charge in [-0.15, -0.1) is 0 Å². The third-order valence-corrected chi connectivity index (χ3v) is 5.18. The van der Waals surface area contributed by atoms with Gasteiger partial charge in [-0.05, 0) is 43.4 Å². The molecule has 2 N–H and O–H groups in total. The molecule has 0 radical (unpaired) electrons. The normalized spacial score (nSPS) is 29.1. The van der Waals surface area contributed by atoms with Gasteiger partial charge in [0.05, 0.1) is 18.8 Å². The van der Waals surface area contributed by atoms with Crippen LogP contribution in [0.5, 0.6) is 0 Å². The van der Waals surface area contributed by atoms with Gasteiger partial charge in [0.15, 0.2) is 0 Å². The van der Waals surface area contributed by atoms with E-state index in [2.05, 4.69) is 24.0 Å². The first kappa shape index (κ1) is 15.3. The van der Waals surface area contributed by atoms with Crippen LogP contribution in [-0.2, 0) is 4.74 Å². The van der Waals surface area contributed by atoms with E-state index in [1.807, 2.05) is 12.1 Å². The van der Waals surface area contributed by atoms with Crippen molar-refractivity contribution in [3.63, 3.8) is 0 Å². The molecule has 0 spiro atoms. The maximum Gasteiger partial charge on any atom is 0.0731 e. The van der Waals surface area contributed by atoms with Crippen molar-refractivity contribution in [2.24, 2.45) is 5.73 Å². The minimum absolute atomic E-state index is 0.128. The van der Waals surface area contributed by atoms with E-state index < -0.39 is 0 Å². The lowest BCUT2D eigenvalue weighted by molar-refractivity contribution is -0.0762. The highest BCUT2D eigenvalue weighted by Crippen LogP contribution is 2.37. The summed E-state index contributed by atoms with van der Waals surface area (Å²) in [6.45, 7) is 3.94. The molecule has 4 heteroatoms. The number of fused-ring (bicyclic) bond motifs is 1. The van der Waals surface area contributed by atoms with Gasteiger partial charge in [-0.1, -0.05) is 30.7 Å². The van der Waals surface area contributed by atoms with Gasteiger partial charge in [0.1, 0.15) is 0 Å². The lowest BCUT2D eigenvalue weighted by Crippen LogP contribution is -2.53. The average Bonchev–Trinajstić information content (AvgIpc) is 2.96. The van der Waals surface area contributed by atoms with Crippen LogP contribution in [0.3, 0.4) is 0 Å². The van der Waals surface area contributed by atoms with E-state index >= 15 is 0 Å². The van der Waals surface area contributed by atoms with Gasteiger partial charge >= 0.3 is 0 Å². The van der Waals surface area contributed by atoms with Crippen LogP contribution in [0.15, 0.2) is 24.3 Å². The number of rotatable bonds is 4. The molecular weight excluding hydrogens is 284 g/mol. The van der Waals surface area contributed by atoms with E-state index in [0.717, 1.165) is 24.6 Å². The first-order valence-electron chi connectivity index (χ1n) is 8.09. The van der Waals surface area contributed by atoms with E-state index in [-0.39, 0.29) is 12.1 Å². The van der Waals surface area contributed by atoms with Crippen molar-refractivity contribution in [3.8, 4) is 0 Å². The molecular formula is C17H25ClN2O. The number of morpholine rings is 1. The molecule has 116 valence electrons. The fraction of sp³-hybridized carbons (Fsp3) is 0.647. The van der Waals surface area contributed by atoms with Crippen molar-refractivity contribution in [2.75, 3.05) is 13.2 Å². The predicted molar refractivity (Wildman–Crippen MR) is 86.5 cm³/mol. The van der Waals surface area contributed by atoms with Gasteiger partial charge in [0, 0.05) is 23.7 Å². The second-order valence-corrected chi connectivity index (χ2v) is 6.65. The minimum Gasteiger partial charge on any atom is -0.375 e. The maximum absolute atomic E-state index is 6.49. The molecule has 2 aliphatic rings. The van der Waals surface area contributed by atoms with E-state index in [4.69, 9.17) is 22.1 Å². The van der Waals surface area contributed by atoms with Crippen molar-refractivity contribution in [3.05, 3.63) is 34.9 Å². The highest BCUT2D eigenvalue weighted by molar-refractivity contribution is 6.30. The van der Waals surface area contributed by atoms with Crippen LogP contribution in [0, 0.1) is 0 Å². The van der Waals surface area contributed by atoms with E-state index in [1.54, 1.807) is 0 Å². The molecule has 3 nitrogen and oxygen atoms in total. The molecule has 21 heavy (non-hydrogen) atoms. The fourth-order valence-electron chi connectivity index (χ4n) is 3.90.